The third kappa shape index (κ3) is 12.1. The van der Waals surface area contributed by atoms with Crippen LogP contribution in [0.1, 0.15) is 0 Å². The SMILES string of the molecule is NCCOCCOCCOCCSF. The second kappa shape index (κ2) is 13.1. The Morgan fingerprint density at radius 3 is 1.86 bits per heavy atom. The molecule has 2 N–H and O–H groups in total. The molecule has 0 aliphatic heterocycles. The second-order valence-corrected chi connectivity index (χ2v) is 3.07. The minimum absolute atomic E-state index is 0.281. The molecule has 0 aliphatic rings. The first-order valence-corrected chi connectivity index (χ1v) is 5.47. The van der Waals surface area contributed by atoms with Crippen LogP contribution in [0.15, 0.2) is 0 Å². The number of hydrogen-bond acceptors (Lipinski definition) is 5. The van der Waals surface area contributed by atoms with Crippen molar-refractivity contribution in [3.05, 3.63) is 0 Å². The second-order valence-electron chi connectivity index (χ2n) is 2.44. The molecule has 86 valence electrons. The van der Waals surface area contributed by atoms with E-state index in [2.05, 4.69) is 0 Å². The van der Waals surface area contributed by atoms with Gasteiger partial charge in [-0.3, -0.25) is 0 Å². The van der Waals surface area contributed by atoms with Gasteiger partial charge in [-0.2, -0.15) is 3.89 Å². The maximum absolute atomic E-state index is 11.5. The molecule has 0 spiro atoms. The highest BCUT2D eigenvalue weighted by Crippen LogP contribution is 1.97. The molecule has 0 heterocycles. The standard InChI is InChI=1S/C8H18FNO3S/c9-14-8-7-13-6-5-12-4-3-11-2-1-10/h1-8,10H2. The minimum Gasteiger partial charge on any atom is -0.378 e. The smallest absolute Gasteiger partial charge is 0.0701 e. The van der Waals surface area contributed by atoms with E-state index < -0.39 is 0 Å². The van der Waals surface area contributed by atoms with Crippen LogP contribution in [0.3, 0.4) is 0 Å². The Hall–Kier alpha value is 0.120. The average molecular weight is 227 g/mol. The molecule has 0 aliphatic carbocycles. The van der Waals surface area contributed by atoms with E-state index in [0.717, 1.165) is 0 Å². The first-order chi connectivity index (χ1) is 6.91. The highest BCUT2D eigenvalue weighted by molar-refractivity contribution is 7.94. The van der Waals surface area contributed by atoms with E-state index in [1.807, 2.05) is 0 Å². The van der Waals surface area contributed by atoms with E-state index >= 15 is 0 Å². The van der Waals surface area contributed by atoms with Gasteiger partial charge in [0.1, 0.15) is 0 Å². The van der Waals surface area contributed by atoms with E-state index in [4.69, 9.17) is 19.9 Å². The Bertz CT molecular complexity index is 98.6. The quantitative estimate of drug-likeness (QED) is 0.524. The fourth-order valence-electron chi connectivity index (χ4n) is 0.716. The number of halogens is 1. The van der Waals surface area contributed by atoms with Crippen molar-refractivity contribution >= 4 is 12.1 Å². The summed E-state index contributed by atoms with van der Waals surface area (Å²) in [6, 6.07) is 0. The molecule has 0 saturated carbocycles. The summed E-state index contributed by atoms with van der Waals surface area (Å²) < 4.78 is 26.8. The van der Waals surface area contributed by atoms with Crippen molar-refractivity contribution in [3.63, 3.8) is 0 Å². The topological polar surface area (TPSA) is 53.7 Å². The molecule has 0 saturated heterocycles. The minimum atomic E-state index is 0.281. The molecule has 0 rings (SSSR count). The Balaban J connectivity index is 2.78. The summed E-state index contributed by atoms with van der Waals surface area (Å²) >= 11 is 0.281. The van der Waals surface area contributed by atoms with Gasteiger partial charge in [-0.15, -0.1) is 0 Å². The van der Waals surface area contributed by atoms with Gasteiger partial charge >= 0.3 is 0 Å². The largest absolute Gasteiger partial charge is 0.378 e. The molecule has 6 heteroatoms. The molecular weight excluding hydrogens is 209 g/mol. The Labute approximate surface area is 88.6 Å². The number of rotatable bonds is 11. The normalized spacial score (nSPS) is 10.7. The van der Waals surface area contributed by atoms with Crippen LogP contribution < -0.4 is 5.73 Å². The lowest BCUT2D eigenvalue weighted by Gasteiger charge is -2.05. The first-order valence-electron chi connectivity index (χ1n) is 4.58. The van der Waals surface area contributed by atoms with Crippen LogP contribution in [-0.2, 0) is 14.2 Å². The van der Waals surface area contributed by atoms with Gasteiger partial charge in [-0.25, -0.2) is 0 Å². The summed E-state index contributed by atoms with van der Waals surface area (Å²) in [6.45, 7) is 3.63. The third-order valence-electron chi connectivity index (χ3n) is 1.31. The molecule has 0 amide bonds. The molecule has 0 radical (unpaired) electrons. The first kappa shape index (κ1) is 14.1. The summed E-state index contributed by atoms with van der Waals surface area (Å²) in [5, 5.41) is 0. The lowest BCUT2D eigenvalue weighted by molar-refractivity contribution is 0.0189. The van der Waals surface area contributed by atoms with Crippen LogP contribution in [0, 0.1) is 0 Å². The van der Waals surface area contributed by atoms with Crippen LogP contribution in [0.25, 0.3) is 0 Å². The Morgan fingerprint density at radius 1 is 0.857 bits per heavy atom. The van der Waals surface area contributed by atoms with Gasteiger partial charge in [0, 0.05) is 24.4 Å². The monoisotopic (exact) mass is 227 g/mol. The van der Waals surface area contributed by atoms with E-state index in [0.29, 0.717) is 51.9 Å². The van der Waals surface area contributed by atoms with Crippen LogP contribution in [-0.4, -0.2) is 51.9 Å². The summed E-state index contributed by atoms with van der Waals surface area (Å²) in [5.41, 5.74) is 5.22. The molecule has 0 aromatic heterocycles. The summed E-state index contributed by atoms with van der Waals surface area (Å²) in [7, 11) is 0. The lowest BCUT2D eigenvalue weighted by Crippen LogP contribution is -2.13. The zero-order chi connectivity index (χ0) is 10.5. The van der Waals surface area contributed by atoms with Gasteiger partial charge in [0.25, 0.3) is 0 Å². The predicted octanol–water partition coefficient (Wildman–Crippen LogP) is 0.613. The van der Waals surface area contributed by atoms with Crippen molar-refractivity contribution in [2.45, 2.75) is 0 Å². The Kier molecular flexibility index (Phi) is 13.2. The molecule has 0 atom stereocenters. The molecule has 0 bridgehead atoms. The van der Waals surface area contributed by atoms with E-state index in [1.165, 1.54) is 0 Å². The molecule has 0 unspecified atom stereocenters. The maximum Gasteiger partial charge on any atom is 0.0701 e. The van der Waals surface area contributed by atoms with Gasteiger partial charge in [0.15, 0.2) is 0 Å². The fourth-order valence-corrected chi connectivity index (χ4v) is 0.896. The molecule has 4 nitrogen and oxygen atoms in total. The zero-order valence-corrected chi connectivity index (χ0v) is 9.06. The van der Waals surface area contributed by atoms with E-state index in [1.54, 1.807) is 0 Å². The molecule has 14 heavy (non-hydrogen) atoms. The van der Waals surface area contributed by atoms with Crippen LogP contribution in [0.4, 0.5) is 3.89 Å². The van der Waals surface area contributed by atoms with Crippen molar-refractivity contribution in [2.75, 3.05) is 51.9 Å². The maximum atomic E-state index is 11.5. The molecule has 0 aromatic carbocycles. The van der Waals surface area contributed by atoms with Crippen molar-refractivity contribution in [2.24, 2.45) is 5.73 Å². The van der Waals surface area contributed by atoms with Crippen LogP contribution in [0.5, 0.6) is 0 Å². The summed E-state index contributed by atoms with van der Waals surface area (Å²) in [4.78, 5) is 0. The van der Waals surface area contributed by atoms with Crippen molar-refractivity contribution in [1.82, 2.24) is 0 Å². The predicted molar refractivity (Wildman–Crippen MR) is 55.1 cm³/mol. The number of nitrogens with two attached hydrogens (primary N) is 1. The van der Waals surface area contributed by atoms with Crippen molar-refractivity contribution in [1.29, 1.82) is 0 Å². The molecule has 0 aromatic rings. The lowest BCUT2D eigenvalue weighted by atomic mass is 10.7. The zero-order valence-electron chi connectivity index (χ0n) is 8.25. The number of ether oxygens (including phenoxy) is 3. The van der Waals surface area contributed by atoms with Crippen molar-refractivity contribution < 1.29 is 18.1 Å². The van der Waals surface area contributed by atoms with Crippen LogP contribution >= 0.6 is 12.1 Å². The van der Waals surface area contributed by atoms with E-state index in [9.17, 15) is 3.89 Å². The third-order valence-corrected chi connectivity index (χ3v) is 1.63. The highest BCUT2D eigenvalue weighted by Gasteiger charge is 1.91. The average Bonchev–Trinajstić information content (AvgIpc) is 2.21. The summed E-state index contributed by atoms with van der Waals surface area (Å²) in [5.74, 6) is 0.375. The molecule has 0 fully saturated rings. The van der Waals surface area contributed by atoms with E-state index in [-0.39, 0.29) is 12.1 Å². The van der Waals surface area contributed by atoms with Gasteiger partial charge in [0.2, 0.25) is 0 Å². The summed E-state index contributed by atoms with van der Waals surface area (Å²) in [6.07, 6.45) is 0. The van der Waals surface area contributed by atoms with Gasteiger partial charge in [-0.1, -0.05) is 0 Å². The van der Waals surface area contributed by atoms with Crippen molar-refractivity contribution in [3.8, 4) is 0 Å². The fraction of sp³-hybridized carbons (Fsp3) is 1.00. The van der Waals surface area contributed by atoms with Crippen LogP contribution in [0.2, 0.25) is 0 Å². The van der Waals surface area contributed by atoms with Gasteiger partial charge in [-0.05, 0) is 0 Å². The highest BCUT2D eigenvalue weighted by atomic mass is 32.2. The Morgan fingerprint density at radius 2 is 1.36 bits per heavy atom. The number of hydrogen-bond donors (Lipinski definition) is 1. The van der Waals surface area contributed by atoms with Gasteiger partial charge in [0.05, 0.1) is 39.6 Å². The van der Waals surface area contributed by atoms with Gasteiger partial charge < -0.3 is 19.9 Å². The molecular formula is C8H18FNO3S.